The Bertz CT molecular complexity index is 579. The summed E-state index contributed by atoms with van der Waals surface area (Å²) in [5.41, 5.74) is 2.01. The molecule has 0 aliphatic heterocycles. The van der Waals surface area contributed by atoms with Crippen LogP contribution in [0.1, 0.15) is 22.8 Å². The van der Waals surface area contributed by atoms with Crippen molar-refractivity contribution >= 4 is 11.7 Å². The van der Waals surface area contributed by atoms with E-state index in [0.717, 1.165) is 17.0 Å². The predicted octanol–water partition coefficient (Wildman–Crippen LogP) is 2.06. The summed E-state index contributed by atoms with van der Waals surface area (Å²) in [5, 5.41) is 13.9. The average Bonchev–Trinajstić information content (AvgIpc) is 2.47. The van der Waals surface area contributed by atoms with Gasteiger partial charge < -0.3 is 20.0 Å². The Labute approximate surface area is 118 Å². The highest BCUT2D eigenvalue weighted by Gasteiger charge is 1.98. The van der Waals surface area contributed by atoms with Gasteiger partial charge in [0.2, 0.25) is 0 Å². The number of carbonyl (C=O) groups is 1. The van der Waals surface area contributed by atoms with Gasteiger partial charge >= 0.3 is 0 Å². The van der Waals surface area contributed by atoms with Gasteiger partial charge in [0.05, 0.1) is 12.6 Å². The van der Waals surface area contributed by atoms with E-state index >= 15 is 0 Å². The number of aromatic carboxylic acids is 1. The first-order chi connectivity index (χ1) is 9.69. The highest BCUT2D eigenvalue weighted by molar-refractivity contribution is 5.87. The number of benzene rings is 2. The van der Waals surface area contributed by atoms with Gasteiger partial charge in [-0.2, -0.15) is 0 Å². The molecule has 0 spiro atoms. The second kappa shape index (κ2) is 6.61. The Morgan fingerprint density at radius 2 is 1.95 bits per heavy atom. The minimum atomic E-state index is -1.17. The third-order valence-corrected chi connectivity index (χ3v) is 2.83. The van der Waals surface area contributed by atoms with E-state index in [1.165, 1.54) is 6.07 Å². The second-order valence-electron chi connectivity index (χ2n) is 4.30. The van der Waals surface area contributed by atoms with Crippen LogP contribution in [0.4, 0.5) is 5.69 Å². The molecule has 0 fully saturated rings. The summed E-state index contributed by atoms with van der Waals surface area (Å²) in [5.74, 6) is -0.329. The summed E-state index contributed by atoms with van der Waals surface area (Å²) < 4.78 is 5.37. The maximum Gasteiger partial charge on any atom is 0.119 e. The van der Waals surface area contributed by atoms with Crippen molar-refractivity contribution in [2.45, 2.75) is 13.5 Å². The van der Waals surface area contributed by atoms with Gasteiger partial charge in [-0.05, 0) is 42.3 Å². The number of nitrogens with one attached hydrogen (secondary N) is 1. The lowest BCUT2D eigenvalue weighted by Gasteiger charge is -2.10. The fraction of sp³-hybridized carbons (Fsp3) is 0.188. The van der Waals surface area contributed by atoms with Crippen molar-refractivity contribution in [2.75, 3.05) is 11.9 Å². The number of carboxylic acid groups (broad SMARTS) is 1. The fourth-order valence-corrected chi connectivity index (χ4v) is 1.83. The molecule has 0 aliphatic carbocycles. The summed E-state index contributed by atoms with van der Waals surface area (Å²) in [6.07, 6.45) is 0. The summed E-state index contributed by atoms with van der Waals surface area (Å²) >= 11 is 0. The molecule has 0 saturated heterocycles. The van der Waals surface area contributed by atoms with Crippen molar-refractivity contribution in [1.29, 1.82) is 0 Å². The van der Waals surface area contributed by atoms with Crippen LogP contribution in [-0.2, 0) is 6.54 Å². The molecule has 0 bridgehead atoms. The van der Waals surface area contributed by atoms with Gasteiger partial charge in [0.15, 0.2) is 0 Å². The molecule has 2 aromatic carbocycles. The zero-order valence-electron chi connectivity index (χ0n) is 11.3. The molecule has 0 unspecified atom stereocenters. The molecule has 0 heterocycles. The largest absolute Gasteiger partial charge is 0.545 e. The summed E-state index contributed by atoms with van der Waals surface area (Å²) in [6.45, 7) is 3.20. The maximum atomic E-state index is 10.8. The fourth-order valence-electron chi connectivity index (χ4n) is 1.83. The second-order valence-corrected chi connectivity index (χ2v) is 4.30. The van der Waals surface area contributed by atoms with Crippen molar-refractivity contribution in [3.63, 3.8) is 0 Å². The minimum Gasteiger partial charge on any atom is -0.545 e. The molecule has 0 aromatic heterocycles. The van der Waals surface area contributed by atoms with E-state index in [1.807, 2.05) is 37.3 Å². The smallest absolute Gasteiger partial charge is 0.119 e. The quantitative estimate of drug-likeness (QED) is 0.872. The Kier molecular flexibility index (Phi) is 4.60. The molecular weight excluding hydrogens is 254 g/mol. The monoisotopic (exact) mass is 270 g/mol. The van der Waals surface area contributed by atoms with Crippen LogP contribution in [0.2, 0.25) is 0 Å². The number of carboxylic acids is 1. The van der Waals surface area contributed by atoms with Crippen LogP contribution >= 0.6 is 0 Å². The lowest BCUT2D eigenvalue weighted by atomic mass is 10.2. The Hall–Kier alpha value is -2.49. The van der Waals surface area contributed by atoms with Crippen molar-refractivity contribution in [2.24, 2.45) is 0 Å². The van der Waals surface area contributed by atoms with Gasteiger partial charge in [0.25, 0.3) is 0 Å². The van der Waals surface area contributed by atoms with Crippen molar-refractivity contribution < 1.29 is 14.6 Å². The van der Waals surface area contributed by atoms with Crippen LogP contribution in [0, 0.1) is 0 Å². The number of ether oxygens (including phenoxy) is 1. The summed E-state index contributed by atoms with van der Waals surface area (Å²) in [6, 6.07) is 14.4. The maximum absolute atomic E-state index is 10.8. The number of hydrogen-bond acceptors (Lipinski definition) is 4. The zero-order valence-corrected chi connectivity index (χ0v) is 11.3. The molecule has 20 heavy (non-hydrogen) atoms. The van der Waals surface area contributed by atoms with Crippen LogP contribution in [0.3, 0.4) is 0 Å². The number of hydrogen-bond donors (Lipinski definition) is 1. The Morgan fingerprint density at radius 1 is 1.20 bits per heavy atom. The van der Waals surface area contributed by atoms with Gasteiger partial charge in [-0.25, -0.2) is 0 Å². The van der Waals surface area contributed by atoms with Gasteiger partial charge in [-0.1, -0.05) is 24.3 Å². The van der Waals surface area contributed by atoms with E-state index in [-0.39, 0.29) is 5.56 Å². The van der Waals surface area contributed by atoms with Crippen LogP contribution in [0.15, 0.2) is 48.5 Å². The van der Waals surface area contributed by atoms with Gasteiger partial charge in [-0.15, -0.1) is 0 Å². The molecule has 4 nitrogen and oxygen atoms in total. The molecule has 0 saturated carbocycles. The van der Waals surface area contributed by atoms with Gasteiger partial charge in [0.1, 0.15) is 5.75 Å². The van der Waals surface area contributed by atoms with E-state index in [9.17, 15) is 9.90 Å². The van der Waals surface area contributed by atoms with Gasteiger partial charge in [0, 0.05) is 12.2 Å². The lowest BCUT2D eigenvalue weighted by molar-refractivity contribution is -0.255. The predicted molar refractivity (Wildman–Crippen MR) is 75.7 cm³/mol. The SMILES string of the molecule is CCOc1ccc(CNc2cccc(C(=O)[O-])c2)cc1. The van der Waals surface area contributed by atoms with Crippen LogP contribution in [-0.4, -0.2) is 12.6 Å². The van der Waals surface area contributed by atoms with E-state index < -0.39 is 5.97 Å². The molecule has 0 radical (unpaired) electrons. The van der Waals surface area contributed by atoms with E-state index in [0.29, 0.717) is 13.2 Å². The summed E-state index contributed by atoms with van der Waals surface area (Å²) in [7, 11) is 0. The van der Waals surface area contributed by atoms with E-state index in [4.69, 9.17) is 4.74 Å². The first-order valence-corrected chi connectivity index (χ1v) is 6.46. The van der Waals surface area contributed by atoms with Crippen LogP contribution < -0.4 is 15.2 Å². The molecule has 0 atom stereocenters. The van der Waals surface area contributed by atoms with Gasteiger partial charge in [-0.3, -0.25) is 0 Å². The number of carbonyl (C=O) groups excluding carboxylic acids is 1. The first kappa shape index (κ1) is 13.9. The van der Waals surface area contributed by atoms with E-state index in [1.54, 1.807) is 12.1 Å². The molecule has 4 heteroatoms. The Balaban J connectivity index is 1.97. The molecule has 0 amide bonds. The first-order valence-electron chi connectivity index (χ1n) is 6.46. The van der Waals surface area contributed by atoms with Crippen molar-refractivity contribution in [3.8, 4) is 5.75 Å². The van der Waals surface area contributed by atoms with E-state index in [2.05, 4.69) is 5.32 Å². The molecular formula is C16H16NO3-. The highest BCUT2D eigenvalue weighted by Crippen LogP contribution is 2.15. The number of anilines is 1. The molecule has 2 rings (SSSR count). The molecule has 1 N–H and O–H groups in total. The molecule has 2 aromatic rings. The third-order valence-electron chi connectivity index (χ3n) is 2.83. The molecule has 104 valence electrons. The average molecular weight is 270 g/mol. The third kappa shape index (κ3) is 3.75. The Morgan fingerprint density at radius 3 is 2.60 bits per heavy atom. The molecule has 0 aliphatic rings. The van der Waals surface area contributed by atoms with Crippen LogP contribution in [0.25, 0.3) is 0 Å². The number of rotatable bonds is 6. The topological polar surface area (TPSA) is 61.4 Å². The standard InChI is InChI=1S/C16H17NO3/c1-2-20-15-8-6-12(7-9-15)11-17-14-5-3-4-13(10-14)16(18)19/h3-10,17H,2,11H2,1H3,(H,18,19)/p-1. The highest BCUT2D eigenvalue weighted by atomic mass is 16.5. The van der Waals surface area contributed by atoms with Crippen molar-refractivity contribution in [3.05, 3.63) is 59.7 Å². The minimum absolute atomic E-state index is 0.168. The van der Waals surface area contributed by atoms with Crippen LogP contribution in [0.5, 0.6) is 5.75 Å². The normalized spacial score (nSPS) is 10.1. The van der Waals surface area contributed by atoms with Crippen molar-refractivity contribution in [1.82, 2.24) is 0 Å². The summed E-state index contributed by atoms with van der Waals surface area (Å²) in [4.78, 5) is 10.8. The zero-order chi connectivity index (χ0) is 14.4. The lowest BCUT2D eigenvalue weighted by Crippen LogP contribution is -2.22.